The van der Waals surface area contributed by atoms with Crippen LogP contribution in [0.15, 0.2) is 48.5 Å². The molecule has 4 rings (SSSR count). The molecule has 5 heteroatoms. The van der Waals surface area contributed by atoms with Crippen LogP contribution in [0.3, 0.4) is 0 Å². The predicted molar refractivity (Wildman–Crippen MR) is 119 cm³/mol. The van der Waals surface area contributed by atoms with E-state index in [0.29, 0.717) is 12.5 Å². The minimum atomic E-state index is 0.0434. The third kappa shape index (κ3) is 4.48. The van der Waals surface area contributed by atoms with Gasteiger partial charge in [0.05, 0.1) is 20.3 Å². The first-order chi connectivity index (χ1) is 14.7. The SMILES string of the molecule is CCOc1ccc(CN2CC[C@@]3(CO)CN(Cc4ccccc4)C[C@H]3C2)cc1OC. The number of benzene rings is 2. The van der Waals surface area contributed by atoms with Crippen LogP contribution in [0.5, 0.6) is 11.5 Å². The summed E-state index contributed by atoms with van der Waals surface area (Å²) in [6.45, 7) is 8.87. The van der Waals surface area contributed by atoms with Crippen LogP contribution >= 0.6 is 0 Å². The average molecular weight is 411 g/mol. The van der Waals surface area contributed by atoms with Crippen LogP contribution in [0, 0.1) is 11.3 Å². The first-order valence-corrected chi connectivity index (χ1v) is 11.0. The molecule has 0 unspecified atom stereocenters. The molecule has 0 amide bonds. The lowest BCUT2D eigenvalue weighted by atomic mass is 9.73. The van der Waals surface area contributed by atoms with E-state index in [9.17, 15) is 5.11 Å². The van der Waals surface area contributed by atoms with Crippen molar-refractivity contribution in [3.63, 3.8) is 0 Å². The zero-order chi connectivity index (χ0) is 21.0. The molecule has 0 spiro atoms. The van der Waals surface area contributed by atoms with Crippen molar-refractivity contribution in [2.45, 2.75) is 26.4 Å². The summed E-state index contributed by atoms with van der Waals surface area (Å²) >= 11 is 0. The van der Waals surface area contributed by atoms with E-state index in [2.05, 4.69) is 52.3 Å². The number of hydrogen-bond donors (Lipinski definition) is 1. The number of piperidine rings is 1. The molecule has 1 N–H and O–H groups in total. The highest BCUT2D eigenvalue weighted by Crippen LogP contribution is 2.43. The lowest BCUT2D eigenvalue weighted by molar-refractivity contribution is 0.0159. The molecule has 0 radical (unpaired) electrons. The van der Waals surface area contributed by atoms with Gasteiger partial charge < -0.3 is 14.6 Å². The summed E-state index contributed by atoms with van der Waals surface area (Å²) in [5, 5.41) is 10.3. The van der Waals surface area contributed by atoms with Crippen LogP contribution < -0.4 is 9.47 Å². The third-order valence-corrected chi connectivity index (χ3v) is 6.79. The van der Waals surface area contributed by atoms with Gasteiger partial charge in [-0.2, -0.15) is 0 Å². The van der Waals surface area contributed by atoms with Gasteiger partial charge in [0.15, 0.2) is 11.5 Å². The Morgan fingerprint density at radius 2 is 1.77 bits per heavy atom. The van der Waals surface area contributed by atoms with Crippen molar-refractivity contribution in [1.82, 2.24) is 9.80 Å². The lowest BCUT2D eigenvalue weighted by Gasteiger charge is -2.42. The Bertz CT molecular complexity index is 828. The molecule has 2 aliphatic heterocycles. The highest BCUT2D eigenvalue weighted by Gasteiger charge is 2.48. The number of nitrogens with zero attached hydrogens (tertiary/aromatic N) is 2. The van der Waals surface area contributed by atoms with E-state index in [1.54, 1.807) is 7.11 Å². The molecule has 2 fully saturated rings. The Morgan fingerprint density at radius 1 is 1.00 bits per heavy atom. The van der Waals surface area contributed by atoms with Crippen molar-refractivity contribution in [2.24, 2.45) is 11.3 Å². The number of aliphatic hydroxyl groups is 1. The second-order valence-corrected chi connectivity index (χ2v) is 8.78. The molecule has 0 aliphatic carbocycles. The minimum absolute atomic E-state index is 0.0434. The zero-order valence-corrected chi connectivity index (χ0v) is 18.2. The Kier molecular flexibility index (Phi) is 6.61. The maximum atomic E-state index is 10.3. The van der Waals surface area contributed by atoms with Crippen LogP contribution in [0.1, 0.15) is 24.5 Å². The Labute approximate surface area is 180 Å². The molecule has 2 atom stereocenters. The smallest absolute Gasteiger partial charge is 0.161 e. The summed E-state index contributed by atoms with van der Waals surface area (Å²) in [6, 6.07) is 16.9. The van der Waals surface area contributed by atoms with E-state index in [-0.39, 0.29) is 12.0 Å². The van der Waals surface area contributed by atoms with Gasteiger partial charge >= 0.3 is 0 Å². The first-order valence-electron chi connectivity index (χ1n) is 11.0. The molecule has 0 aromatic heterocycles. The second kappa shape index (κ2) is 9.38. The quantitative estimate of drug-likeness (QED) is 0.723. The summed E-state index contributed by atoms with van der Waals surface area (Å²) in [5.41, 5.74) is 2.63. The molecule has 0 saturated carbocycles. The van der Waals surface area contributed by atoms with E-state index in [1.807, 2.05) is 13.0 Å². The van der Waals surface area contributed by atoms with E-state index in [0.717, 1.165) is 57.2 Å². The molecule has 2 aromatic carbocycles. The molecule has 0 bridgehead atoms. The van der Waals surface area contributed by atoms with Crippen LogP contribution in [0.2, 0.25) is 0 Å². The van der Waals surface area contributed by atoms with Gasteiger partial charge in [0.2, 0.25) is 0 Å². The highest BCUT2D eigenvalue weighted by atomic mass is 16.5. The predicted octanol–water partition coefficient (Wildman–Crippen LogP) is 3.41. The number of aliphatic hydroxyl groups excluding tert-OH is 1. The van der Waals surface area contributed by atoms with Crippen LogP contribution in [-0.2, 0) is 13.1 Å². The minimum Gasteiger partial charge on any atom is -0.493 e. The fraction of sp³-hybridized carbons (Fsp3) is 0.520. The van der Waals surface area contributed by atoms with Gasteiger partial charge in [0.25, 0.3) is 0 Å². The van der Waals surface area contributed by atoms with Gasteiger partial charge in [-0.1, -0.05) is 36.4 Å². The Morgan fingerprint density at radius 3 is 2.50 bits per heavy atom. The van der Waals surface area contributed by atoms with Gasteiger partial charge in [-0.15, -0.1) is 0 Å². The largest absolute Gasteiger partial charge is 0.493 e. The average Bonchev–Trinajstić information content (AvgIpc) is 3.13. The molecule has 30 heavy (non-hydrogen) atoms. The highest BCUT2D eigenvalue weighted by molar-refractivity contribution is 5.43. The molecule has 2 aliphatic rings. The van der Waals surface area contributed by atoms with Gasteiger partial charge in [-0.05, 0) is 49.1 Å². The summed E-state index contributed by atoms with van der Waals surface area (Å²) in [7, 11) is 1.69. The fourth-order valence-corrected chi connectivity index (χ4v) is 5.17. The van der Waals surface area contributed by atoms with Crippen molar-refractivity contribution in [3.8, 4) is 11.5 Å². The van der Waals surface area contributed by atoms with Crippen molar-refractivity contribution in [3.05, 3.63) is 59.7 Å². The number of hydrogen-bond acceptors (Lipinski definition) is 5. The second-order valence-electron chi connectivity index (χ2n) is 8.78. The number of rotatable bonds is 8. The van der Waals surface area contributed by atoms with Crippen molar-refractivity contribution >= 4 is 0 Å². The van der Waals surface area contributed by atoms with Crippen LogP contribution in [0.4, 0.5) is 0 Å². The summed E-state index contributed by atoms with van der Waals surface area (Å²) in [4.78, 5) is 5.05. The van der Waals surface area contributed by atoms with Crippen LogP contribution in [-0.4, -0.2) is 61.4 Å². The summed E-state index contributed by atoms with van der Waals surface area (Å²) < 4.78 is 11.2. The Balaban J connectivity index is 1.41. The molecule has 2 heterocycles. The Hall–Kier alpha value is -2.08. The molecule has 5 nitrogen and oxygen atoms in total. The van der Waals surface area contributed by atoms with Gasteiger partial charge in [0.1, 0.15) is 0 Å². The van der Waals surface area contributed by atoms with E-state index in [4.69, 9.17) is 9.47 Å². The van der Waals surface area contributed by atoms with E-state index in [1.165, 1.54) is 11.1 Å². The fourth-order valence-electron chi connectivity index (χ4n) is 5.17. The normalized spacial score (nSPS) is 24.6. The topological polar surface area (TPSA) is 45.2 Å². The van der Waals surface area contributed by atoms with Crippen molar-refractivity contribution in [2.75, 3.05) is 46.5 Å². The van der Waals surface area contributed by atoms with E-state index < -0.39 is 0 Å². The first kappa shape index (κ1) is 21.2. The van der Waals surface area contributed by atoms with Crippen molar-refractivity contribution < 1.29 is 14.6 Å². The van der Waals surface area contributed by atoms with Gasteiger partial charge in [0, 0.05) is 38.1 Å². The maximum absolute atomic E-state index is 10.3. The summed E-state index contributed by atoms with van der Waals surface area (Å²) in [5.74, 6) is 2.10. The molecular weight excluding hydrogens is 376 g/mol. The molecular formula is C25H34N2O3. The lowest BCUT2D eigenvalue weighted by Crippen LogP contribution is -2.48. The number of likely N-dealkylation sites (tertiary alicyclic amines) is 2. The maximum Gasteiger partial charge on any atom is 0.161 e. The molecule has 2 saturated heterocycles. The molecule has 162 valence electrons. The van der Waals surface area contributed by atoms with Crippen molar-refractivity contribution in [1.29, 1.82) is 0 Å². The summed E-state index contributed by atoms with van der Waals surface area (Å²) in [6.07, 6.45) is 1.05. The molecule has 2 aromatic rings. The van der Waals surface area contributed by atoms with E-state index >= 15 is 0 Å². The monoisotopic (exact) mass is 410 g/mol. The number of ether oxygens (including phenoxy) is 2. The number of methoxy groups -OCH3 is 1. The van der Waals surface area contributed by atoms with Gasteiger partial charge in [-0.25, -0.2) is 0 Å². The third-order valence-electron chi connectivity index (χ3n) is 6.79. The van der Waals surface area contributed by atoms with Gasteiger partial charge in [-0.3, -0.25) is 9.80 Å². The van der Waals surface area contributed by atoms with Crippen LogP contribution in [0.25, 0.3) is 0 Å². The number of fused-ring (bicyclic) bond motifs is 1. The standard InChI is InChI=1S/C25H34N2O3/c1-3-30-23-10-9-21(13-24(23)29-2)15-26-12-11-25(19-28)18-27(17-22(25)16-26)14-20-7-5-4-6-8-20/h4-10,13,22,28H,3,11-12,14-19H2,1-2H3/t22-,25+/m1/s1. The zero-order valence-electron chi connectivity index (χ0n) is 18.2.